The number of hydrogen-bond acceptors (Lipinski definition) is 7. The predicted molar refractivity (Wildman–Crippen MR) is 123 cm³/mol. The Bertz CT molecular complexity index is 681. The number of esters is 3. The lowest BCUT2D eigenvalue weighted by molar-refractivity contribution is -0.627. The molecular weight excluding hydrogens is 430 g/mol. The van der Waals surface area contributed by atoms with Crippen molar-refractivity contribution in [3.8, 4) is 0 Å². The van der Waals surface area contributed by atoms with Gasteiger partial charge in [-0.25, -0.2) is 14.4 Å². The van der Waals surface area contributed by atoms with Gasteiger partial charge in [0.05, 0.1) is 13.6 Å². The topological polar surface area (TPSA) is 137 Å². The monoisotopic (exact) mass is 468 g/mol. The Morgan fingerprint density at radius 1 is 0.970 bits per heavy atom. The van der Waals surface area contributed by atoms with Crippen LogP contribution in [-0.4, -0.2) is 68.9 Å². The molecule has 0 fully saturated rings. The summed E-state index contributed by atoms with van der Waals surface area (Å²) in [6, 6.07) is -1.90. The highest BCUT2D eigenvalue weighted by Crippen LogP contribution is 2.16. The average Bonchev–Trinajstić information content (AvgIpc) is 2.79. The van der Waals surface area contributed by atoms with Gasteiger partial charge in [0.1, 0.15) is 31.4 Å². The Morgan fingerprint density at radius 2 is 1.58 bits per heavy atom. The van der Waals surface area contributed by atoms with Gasteiger partial charge in [0.2, 0.25) is 0 Å². The molecule has 0 saturated carbocycles. The van der Waals surface area contributed by atoms with Gasteiger partial charge in [-0.3, -0.25) is 4.79 Å². The highest BCUT2D eigenvalue weighted by Gasteiger charge is 2.37. The molecule has 0 aliphatic rings. The number of nitrogens with two attached hydrogens (primary N) is 1. The maximum atomic E-state index is 12.7. The first-order valence-electron chi connectivity index (χ1n) is 10.9. The van der Waals surface area contributed by atoms with Crippen LogP contribution in [-0.2, 0) is 28.6 Å². The largest absolute Gasteiger partial charge is 0.461 e. The second-order valence-electron chi connectivity index (χ2n) is 7.45. The molecule has 0 aliphatic carbocycles. The lowest BCUT2D eigenvalue weighted by Crippen LogP contribution is -2.79. The summed E-state index contributed by atoms with van der Waals surface area (Å²) >= 11 is 0. The van der Waals surface area contributed by atoms with Gasteiger partial charge in [-0.15, -0.1) is 0 Å². The van der Waals surface area contributed by atoms with Crippen molar-refractivity contribution in [3.05, 3.63) is 38.0 Å². The smallest absolute Gasteiger partial charge is 0.331 e. The number of nitrogens with one attached hydrogen (secondary N) is 2. The molecule has 0 aromatic rings. The molecule has 0 aromatic heterocycles. The molecule has 0 radical (unpaired) electrons. The SMILES string of the molecule is C=CCOC(=O)CCC(NC(=O)NC(C)(CCCC[NH2+]C)C(=O)OCC=C)C(=O)OCC=C. The summed E-state index contributed by atoms with van der Waals surface area (Å²) in [5.41, 5.74) is -1.32. The molecular formula is C23H38N3O7+. The van der Waals surface area contributed by atoms with Gasteiger partial charge in [0.15, 0.2) is 0 Å². The summed E-state index contributed by atoms with van der Waals surface area (Å²) in [7, 11) is 1.95. The van der Waals surface area contributed by atoms with Gasteiger partial charge >= 0.3 is 23.9 Å². The minimum atomic E-state index is -1.32. The molecule has 0 aromatic carbocycles. The summed E-state index contributed by atoms with van der Waals surface area (Å²) < 4.78 is 15.1. The number of amides is 2. The zero-order valence-corrected chi connectivity index (χ0v) is 19.7. The fourth-order valence-corrected chi connectivity index (χ4v) is 2.76. The van der Waals surface area contributed by atoms with Crippen molar-refractivity contribution in [3.63, 3.8) is 0 Å². The molecule has 10 nitrogen and oxygen atoms in total. The molecule has 33 heavy (non-hydrogen) atoms. The normalized spacial score (nSPS) is 12.9. The van der Waals surface area contributed by atoms with Crippen LogP contribution in [0, 0.1) is 0 Å². The second kappa shape index (κ2) is 17.4. The van der Waals surface area contributed by atoms with E-state index >= 15 is 0 Å². The summed E-state index contributed by atoms with van der Waals surface area (Å²) in [5.74, 6) is -1.91. The molecule has 2 amide bonds. The molecule has 0 aliphatic heterocycles. The van der Waals surface area contributed by atoms with E-state index in [1.54, 1.807) is 6.92 Å². The summed E-state index contributed by atoms with van der Waals surface area (Å²) in [6.45, 7) is 12.9. The molecule has 186 valence electrons. The third kappa shape index (κ3) is 13.1. The Labute approximate surface area is 195 Å². The average molecular weight is 469 g/mol. The van der Waals surface area contributed by atoms with Crippen LogP contribution in [0.25, 0.3) is 0 Å². The number of carbonyl (C=O) groups excluding carboxylic acids is 4. The van der Waals surface area contributed by atoms with Crippen molar-refractivity contribution in [1.29, 1.82) is 0 Å². The highest BCUT2D eigenvalue weighted by atomic mass is 16.5. The van der Waals surface area contributed by atoms with Gasteiger partial charge in [-0.1, -0.05) is 38.0 Å². The third-order valence-electron chi connectivity index (χ3n) is 4.52. The number of carbonyl (C=O) groups is 4. The number of rotatable bonds is 18. The van der Waals surface area contributed by atoms with Crippen LogP contribution in [0.1, 0.15) is 39.0 Å². The molecule has 0 bridgehead atoms. The Morgan fingerprint density at radius 3 is 2.18 bits per heavy atom. The molecule has 0 spiro atoms. The predicted octanol–water partition coefficient (Wildman–Crippen LogP) is 0.744. The Balaban J connectivity index is 5.27. The van der Waals surface area contributed by atoms with Crippen molar-refractivity contribution >= 4 is 23.9 Å². The van der Waals surface area contributed by atoms with E-state index in [0.29, 0.717) is 12.8 Å². The van der Waals surface area contributed by atoms with Crippen LogP contribution < -0.4 is 16.0 Å². The van der Waals surface area contributed by atoms with E-state index in [4.69, 9.17) is 14.2 Å². The molecule has 2 atom stereocenters. The number of urea groups is 1. The molecule has 0 saturated heterocycles. The number of ether oxygens (including phenoxy) is 3. The summed E-state index contributed by atoms with van der Waals surface area (Å²) in [6.07, 6.45) is 5.90. The van der Waals surface area contributed by atoms with E-state index in [-0.39, 0.29) is 32.7 Å². The molecule has 0 heterocycles. The molecule has 10 heteroatoms. The van der Waals surface area contributed by atoms with Crippen molar-refractivity contribution in [2.75, 3.05) is 33.4 Å². The maximum Gasteiger partial charge on any atom is 0.331 e. The third-order valence-corrected chi connectivity index (χ3v) is 4.52. The first kappa shape index (κ1) is 29.9. The maximum absolute atomic E-state index is 12.7. The first-order chi connectivity index (χ1) is 15.7. The highest BCUT2D eigenvalue weighted by molar-refractivity contribution is 5.89. The summed E-state index contributed by atoms with van der Waals surface area (Å²) in [5, 5.41) is 7.12. The van der Waals surface area contributed by atoms with Gasteiger partial charge in [0, 0.05) is 6.42 Å². The van der Waals surface area contributed by atoms with Crippen LogP contribution in [0.3, 0.4) is 0 Å². The van der Waals surface area contributed by atoms with Gasteiger partial charge in [-0.2, -0.15) is 0 Å². The zero-order chi connectivity index (χ0) is 25.1. The van der Waals surface area contributed by atoms with Crippen LogP contribution in [0.4, 0.5) is 4.79 Å². The zero-order valence-electron chi connectivity index (χ0n) is 19.7. The van der Waals surface area contributed by atoms with Gasteiger partial charge in [-0.05, 0) is 32.6 Å². The van der Waals surface area contributed by atoms with Crippen LogP contribution in [0.5, 0.6) is 0 Å². The van der Waals surface area contributed by atoms with E-state index in [0.717, 1.165) is 13.0 Å². The van der Waals surface area contributed by atoms with E-state index in [1.165, 1.54) is 18.2 Å². The molecule has 4 N–H and O–H groups in total. The quantitative estimate of drug-likeness (QED) is 0.117. The molecule has 0 rings (SSSR count). The van der Waals surface area contributed by atoms with Crippen LogP contribution in [0.15, 0.2) is 38.0 Å². The fraction of sp³-hybridized carbons (Fsp3) is 0.565. The number of hydrogen-bond donors (Lipinski definition) is 3. The minimum Gasteiger partial charge on any atom is -0.461 e. The second-order valence-corrected chi connectivity index (χ2v) is 7.45. The van der Waals surface area contributed by atoms with Gasteiger partial charge in [0.25, 0.3) is 0 Å². The standard InChI is InChI=1S/C23H37N3O7/c1-6-15-31-19(27)12-11-18(20(28)32-16-7-2)25-22(30)26-23(4,13-9-10-14-24-5)21(29)33-17-8-3/h6-8,18,24H,1-3,9-17H2,4-5H3,(H2,25,26,30)/p+1. The van der Waals surface area contributed by atoms with E-state index < -0.39 is 35.5 Å². The number of quaternary nitrogens is 1. The lowest BCUT2D eigenvalue weighted by Gasteiger charge is -2.29. The van der Waals surface area contributed by atoms with Gasteiger partial charge < -0.3 is 30.2 Å². The van der Waals surface area contributed by atoms with Crippen molar-refractivity contribution < 1.29 is 38.7 Å². The number of unbranched alkanes of at least 4 members (excludes halogenated alkanes) is 1. The van der Waals surface area contributed by atoms with Crippen molar-refractivity contribution in [2.45, 2.75) is 50.6 Å². The van der Waals surface area contributed by atoms with E-state index in [9.17, 15) is 19.2 Å². The Kier molecular flexibility index (Phi) is 15.8. The summed E-state index contributed by atoms with van der Waals surface area (Å²) in [4.78, 5) is 49.5. The first-order valence-corrected chi connectivity index (χ1v) is 10.9. The van der Waals surface area contributed by atoms with Crippen LogP contribution in [0.2, 0.25) is 0 Å². The van der Waals surface area contributed by atoms with E-state index in [1.807, 2.05) is 12.4 Å². The van der Waals surface area contributed by atoms with Crippen molar-refractivity contribution in [1.82, 2.24) is 10.6 Å². The Hall–Kier alpha value is -3.14. The molecule has 2 unspecified atom stereocenters. The van der Waals surface area contributed by atoms with E-state index in [2.05, 4.69) is 30.4 Å². The van der Waals surface area contributed by atoms with Crippen molar-refractivity contribution in [2.24, 2.45) is 0 Å². The lowest BCUT2D eigenvalue weighted by atomic mass is 9.94. The fourth-order valence-electron chi connectivity index (χ4n) is 2.76. The van der Waals surface area contributed by atoms with Crippen LogP contribution >= 0.6 is 0 Å². The minimum absolute atomic E-state index is 0.00375.